The van der Waals surface area contributed by atoms with Gasteiger partial charge in [0.25, 0.3) is 0 Å². The Morgan fingerprint density at radius 1 is 1.25 bits per heavy atom. The molecule has 3 rings (SSSR count). The lowest BCUT2D eigenvalue weighted by molar-refractivity contribution is 0.461. The molecule has 1 N–H and O–H groups in total. The van der Waals surface area contributed by atoms with Crippen LogP contribution in [0.25, 0.3) is 10.9 Å². The van der Waals surface area contributed by atoms with E-state index in [0.29, 0.717) is 6.04 Å². The summed E-state index contributed by atoms with van der Waals surface area (Å²) in [6.45, 7) is 2.16. The molecule has 0 spiro atoms. The van der Waals surface area contributed by atoms with E-state index in [1.807, 2.05) is 6.20 Å². The summed E-state index contributed by atoms with van der Waals surface area (Å²) in [6.07, 6.45) is 9.39. The van der Waals surface area contributed by atoms with Gasteiger partial charge < -0.3 is 5.32 Å². The maximum atomic E-state index is 4.74. The molecule has 0 aliphatic heterocycles. The van der Waals surface area contributed by atoms with E-state index in [9.17, 15) is 0 Å². The number of hydrogen-bond donors (Lipinski definition) is 1. The van der Waals surface area contributed by atoms with Gasteiger partial charge in [0.15, 0.2) is 0 Å². The molecule has 2 aromatic rings. The molecule has 1 saturated carbocycles. The summed E-state index contributed by atoms with van der Waals surface area (Å²) < 4.78 is 1.10. The fourth-order valence-corrected chi connectivity index (χ4v) is 3.47. The molecule has 1 aliphatic rings. The van der Waals surface area contributed by atoms with Crippen LogP contribution in [0.5, 0.6) is 0 Å². The summed E-state index contributed by atoms with van der Waals surface area (Å²) >= 11 is 3.55. The van der Waals surface area contributed by atoms with Crippen LogP contribution in [0.4, 0.5) is 5.95 Å². The Labute approximate surface area is 128 Å². The van der Waals surface area contributed by atoms with Gasteiger partial charge in [0, 0.05) is 22.1 Å². The predicted molar refractivity (Wildman–Crippen MR) is 87.1 cm³/mol. The molecule has 106 valence electrons. The second kappa shape index (κ2) is 6.08. The minimum absolute atomic E-state index is 0.543. The van der Waals surface area contributed by atoms with Gasteiger partial charge in [0.1, 0.15) is 0 Å². The van der Waals surface area contributed by atoms with Crippen molar-refractivity contribution in [2.75, 3.05) is 5.32 Å². The molecule has 0 radical (unpaired) electrons. The molecule has 4 heteroatoms. The maximum absolute atomic E-state index is 4.74. The minimum atomic E-state index is 0.543. The average molecular weight is 334 g/mol. The van der Waals surface area contributed by atoms with Gasteiger partial charge in [-0.3, -0.25) is 0 Å². The van der Waals surface area contributed by atoms with Gasteiger partial charge in [-0.2, -0.15) is 0 Å². The number of aromatic nitrogens is 2. The summed E-state index contributed by atoms with van der Waals surface area (Å²) in [5, 5.41) is 4.61. The van der Waals surface area contributed by atoms with Crippen LogP contribution in [0.1, 0.15) is 44.6 Å². The van der Waals surface area contributed by atoms with Gasteiger partial charge in [-0.1, -0.05) is 42.1 Å². The number of aryl methyl sites for hydroxylation is 1. The van der Waals surface area contributed by atoms with Crippen LogP contribution in [0.15, 0.2) is 22.8 Å². The first kappa shape index (κ1) is 13.8. The molecule has 0 atom stereocenters. The quantitative estimate of drug-likeness (QED) is 0.884. The molecule has 0 amide bonds. The highest BCUT2D eigenvalue weighted by Crippen LogP contribution is 2.25. The van der Waals surface area contributed by atoms with Gasteiger partial charge in [-0.15, -0.1) is 0 Å². The van der Waals surface area contributed by atoms with Gasteiger partial charge in [-0.25, -0.2) is 9.97 Å². The molecular weight excluding hydrogens is 314 g/mol. The molecule has 0 saturated heterocycles. The van der Waals surface area contributed by atoms with Crippen molar-refractivity contribution >= 4 is 32.8 Å². The molecule has 1 fully saturated rings. The average Bonchev–Trinajstić information content (AvgIpc) is 2.48. The smallest absolute Gasteiger partial charge is 0.223 e. The topological polar surface area (TPSA) is 37.8 Å². The Bertz CT molecular complexity index is 606. The van der Waals surface area contributed by atoms with Crippen LogP contribution in [-0.2, 0) is 6.42 Å². The van der Waals surface area contributed by atoms with Crippen molar-refractivity contribution in [3.63, 3.8) is 0 Å². The largest absolute Gasteiger partial charge is 0.351 e. The Morgan fingerprint density at radius 2 is 2.05 bits per heavy atom. The Kier molecular flexibility index (Phi) is 4.20. The number of halogens is 1. The van der Waals surface area contributed by atoms with Crippen molar-refractivity contribution in [3.8, 4) is 0 Å². The zero-order valence-corrected chi connectivity index (χ0v) is 13.4. The van der Waals surface area contributed by atoms with Gasteiger partial charge in [-0.05, 0) is 37.0 Å². The van der Waals surface area contributed by atoms with Crippen molar-refractivity contribution in [2.24, 2.45) is 0 Å². The van der Waals surface area contributed by atoms with Crippen LogP contribution in [0.2, 0.25) is 0 Å². The molecule has 1 aliphatic carbocycles. The Balaban J connectivity index is 1.91. The first-order valence-electron chi connectivity index (χ1n) is 7.48. The Hall–Kier alpha value is -1.16. The molecule has 1 aromatic heterocycles. The number of nitrogens with one attached hydrogen (secondary N) is 1. The highest BCUT2D eigenvalue weighted by atomic mass is 79.9. The molecule has 0 bridgehead atoms. The van der Waals surface area contributed by atoms with Crippen LogP contribution >= 0.6 is 15.9 Å². The van der Waals surface area contributed by atoms with E-state index in [1.165, 1.54) is 37.7 Å². The molecule has 3 nitrogen and oxygen atoms in total. The van der Waals surface area contributed by atoms with E-state index >= 15 is 0 Å². The van der Waals surface area contributed by atoms with E-state index < -0.39 is 0 Å². The van der Waals surface area contributed by atoms with Crippen LogP contribution in [0.3, 0.4) is 0 Å². The summed E-state index contributed by atoms with van der Waals surface area (Å²) in [5.74, 6) is 0.779. The summed E-state index contributed by atoms with van der Waals surface area (Å²) in [6, 6.07) is 4.78. The van der Waals surface area contributed by atoms with E-state index in [2.05, 4.69) is 45.3 Å². The van der Waals surface area contributed by atoms with Crippen molar-refractivity contribution in [1.82, 2.24) is 9.97 Å². The second-order valence-corrected chi connectivity index (χ2v) is 6.44. The van der Waals surface area contributed by atoms with Crippen molar-refractivity contribution < 1.29 is 0 Å². The fraction of sp³-hybridized carbons (Fsp3) is 0.500. The summed E-state index contributed by atoms with van der Waals surface area (Å²) in [7, 11) is 0. The summed E-state index contributed by atoms with van der Waals surface area (Å²) in [4.78, 5) is 9.21. The monoisotopic (exact) mass is 333 g/mol. The van der Waals surface area contributed by atoms with Gasteiger partial charge in [0.2, 0.25) is 5.95 Å². The second-order valence-electron chi connectivity index (χ2n) is 5.53. The number of rotatable bonds is 3. The number of fused-ring (bicyclic) bond motifs is 1. The third-order valence-electron chi connectivity index (χ3n) is 4.05. The normalized spacial score (nSPS) is 16.5. The van der Waals surface area contributed by atoms with E-state index in [0.717, 1.165) is 27.7 Å². The third kappa shape index (κ3) is 2.95. The van der Waals surface area contributed by atoms with Gasteiger partial charge in [0.05, 0.1) is 5.52 Å². The molecule has 20 heavy (non-hydrogen) atoms. The van der Waals surface area contributed by atoms with Crippen LogP contribution in [0, 0.1) is 0 Å². The number of nitrogens with zero attached hydrogens (tertiary/aromatic N) is 2. The lowest BCUT2D eigenvalue weighted by Gasteiger charge is -2.22. The number of hydrogen-bond acceptors (Lipinski definition) is 3. The molecule has 1 aromatic carbocycles. The van der Waals surface area contributed by atoms with E-state index in [4.69, 9.17) is 4.98 Å². The zero-order chi connectivity index (χ0) is 13.9. The van der Waals surface area contributed by atoms with Crippen LogP contribution < -0.4 is 5.32 Å². The molecule has 1 heterocycles. The van der Waals surface area contributed by atoms with Crippen molar-refractivity contribution in [2.45, 2.75) is 51.5 Å². The lowest BCUT2D eigenvalue weighted by atomic mass is 9.96. The zero-order valence-electron chi connectivity index (χ0n) is 11.8. The maximum Gasteiger partial charge on any atom is 0.223 e. The first-order valence-corrected chi connectivity index (χ1v) is 8.27. The van der Waals surface area contributed by atoms with Crippen molar-refractivity contribution in [3.05, 3.63) is 28.4 Å². The highest BCUT2D eigenvalue weighted by Gasteiger charge is 2.14. The predicted octanol–water partition coefficient (Wildman–Crippen LogP) is 4.70. The third-order valence-corrected chi connectivity index (χ3v) is 4.50. The summed E-state index contributed by atoms with van der Waals surface area (Å²) in [5.41, 5.74) is 2.34. The lowest BCUT2D eigenvalue weighted by Crippen LogP contribution is -2.23. The standard InChI is InChI=1S/C16H20BrN3/c1-2-11-8-13(17)9-12-10-18-16(20-15(11)12)19-14-6-4-3-5-7-14/h8-10,14H,2-7H2,1H3,(H,18,19,20). The highest BCUT2D eigenvalue weighted by molar-refractivity contribution is 9.10. The molecule has 0 unspecified atom stereocenters. The SMILES string of the molecule is CCc1cc(Br)cc2cnc(NC3CCCCC3)nc12. The number of benzene rings is 1. The molecular formula is C16H20BrN3. The van der Waals surface area contributed by atoms with Gasteiger partial charge >= 0.3 is 0 Å². The minimum Gasteiger partial charge on any atom is -0.351 e. The Morgan fingerprint density at radius 3 is 2.80 bits per heavy atom. The van der Waals surface area contributed by atoms with Crippen molar-refractivity contribution in [1.29, 1.82) is 0 Å². The van der Waals surface area contributed by atoms with E-state index in [1.54, 1.807) is 0 Å². The number of anilines is 1. The van der Waals surface area contributed by atoms with Crippen LogP contribution in [-0.4, -0.2) is 16.0 Å². The van der Waals surface area contributed by atoms with E-state index in [-0.39, 0.29) is 0 Å². The first-order chi connectivity index (χ1) is 9.76. The fourth-order valence-electron chi connectivity index (χ4n) is 2.95.